The van der Waals surface area contributed by atoms with Crippen LogP contribution in [0.5, 0.6) is 0 Å². The van der Waals surface area contributed by atoms with Crippen molar-refractivity contribution in [2.24, 2.45) is 11.5 Å². The summed E-state index contributed by atoms with van der Waals surface area (Å²) in [5.41, 5.74) is 8.50. The predicted molar refractivity (Wildman–Crippen MR) is 13.8 cm³/mol. The third-order valence-corrected chi connectivity index (χ3v) is 0. The van der Waals surface area contributed by atoms with Gasteiger partial charge < -0.3 is 11.5 Å². The molecule has 0 radical (unpaired) electrons. The van der Waals surface area contributed by atoms with E-state index >= 15 is 0 Å². The second-order valence-corrected chi connectivity index (χ2v) is 2.94. The molecule has 0 aromatic carbocycles. The Morgan fingerprint density at radius 2 is 1.10 bits per heavy atom. The molecule has 9 heteroatoms. The molecule has 10 heavy (non-hydrogen) atoms. The second-order valence-electron chi connectivity index (χ2n) is 0.780. The van der Waals surface area contributed by atoms with Crippen molar-refractivity contribution in [3.05, 3.63) is 0 Å². The molecular formula is CH4IN2NaO5. The van der Waals surface area contributed by atoms with E-state index in [1.807, 2.05) is 0 Å². The molecule has 0 aliphatic heterocycles. The molecule has 0 spiro atoms. The summed E-state index contributed by atoms with van der Waals surface area (Å²) >= 11 is -5.94. The zero-order valence-corrected chi connectivity index (χ0v) is 9.23. The van der Waals surface area contributed by atoms with Gasteiger partial charge in [0.2, 0.25) is 0 Å². The molecule has 0 fully saturated rings. The molecule has 0 aliphatic carbocycles. The molecular weight excluding hydrogens is 270 g/mol. The zero-order chi connectivity index (χ0) is 8.08. The Labute approximate surface area is 85.0 Å². The Morgan fingerprint density at radius 3 is 1.10 bits per heavy atom. The van der Waals surface area contributed by atoms with E-state index in [4.69, 9.17) is 18.5 Å². The molecule has 0 saturated heterocycles. The molecule has 0 saturated carbocycles. The number of carbonyl (C=O) groups excluding carboxylic acids is 1. The number of nitrogens with two attached hydrogens (primary N) is 2. The number of rotatable bonds is 0. The summed E-state index contributed by atoms with van der Waals surface area (Å²) in [6, 6.07) is -0.833. The molecule has 7 nitrogen and oxygen atoms in total. The van der Waals surface area contributed by atoms with E-state index < -0.39 is 26.1 Å². The van der Waals surface area contributed by atoms with Gasteiger partial charge in [-0.25, -0.2) is 4.79 Å². The van der Waals surface area contributed by atoms with E-state index in [2.05, 4.69) is 11.5 Å². The maximum Gasteiger partial charge on any atom is 1.00 e. The summed E-state index contributed by atoms with van der Waals surface area (Å²) in [5.74, 6) is 0. The van der Waals surface area contributed by atoms with E-state index in [1.54, 1.807) is 0 Å². The van der Waals surface area contributed by atoms with Crippen LogP contribution < -0.4 is 74.9 Å². The summed E-state index contributed by atoms with van der Waals surface area (Å²) in [7, 11) is 0. The smallest absolute Gasteiger partial charge is 0.352 e. The molecule has 4 N–H and O–H groups in total. The van der Waals surface area contributed by atoms with Gasteiger partial charge in [0, 0.05) is 0 Å². The molecule has 56 valence electrons. The normalized spacial score (nSPS) is 8.40. The number of halogens is 1. The van der Waals surface area contributed by atoms with Gasteiger partial charge in [0.15, 0.2) is 0 Å². The first-order valence-electron chi connectivity index (χ1n) is 1.40. The number of primary amides is 2. The molecule has 0 unspecified atom stereocenters. The molecule has 0 heterocycles. The van der Waals surface area contributed by atoms with Gasteiger partial charge in [0.25, 0.3) is 0 Å². The predicted octanol–water partition coefficient (Wildman–Crippen LogP) is -11.7. The van der Waals surface area contributed by atoms with E-state index in [0.29, 0.717) is 0 Å². The van der Waals surface area contributed by atoms with Crippen molar-refractivity contribution in [3.8, 4) is 0 Å². The van der Waals surface area contributed by atoms with Crippen molar-refractivity contribution in [3.63, 3.8) is 0 Å². The van der Waals surface area contributed by atoms with Crippen LogP contribution >= 0.6 is 0 Å². The minimum absolute atomic E-state index is 0. The fourth-order valence-electron chi connectivity index (χ4n) is 0. The molecule has 0 aliphatic rings. The van der Waals surface area contributed by atoms with Crippen LogP contribution in [0.15, 0.2) is 0 Å². The minimum atomic E-state index is -5.94. The Kier molecular flexibility index (Phi) is 13.6. The first kappa shape index (κ1) is 17.1. The standard InChI is InChI=1S/CH4N2O.IO4.Na/c2-1(3)4;2-1(3,4)5;/h(H4,2,3,4);;/q;-1;+1. The third-order valence-electron chi connectivity index (χ3n) is 0. The van der Waals surface area contributed by atoms with E-state index in [9.17, 15) is 0 Å². The van der Waals surface area contributed by atoms with E-state index in [-0.39, 0.29) is 29.6 Å². The third kappa shape index (κ3) is 770. The van der Waals surface area contributed by atoms with E-state index in [1.165, 1.54) is 0 Å². The molecule has 0 aromatic rings. The summed E-state index contributed by atoms with van der Waals surface area (Å²) in [5, 5.41) is 0. The molecule has 0 rings (SSSR count). The Hall–Kier alpha value is 0.840. The van der Waals surface area contributed by atoms with Gasteiger partial charge in [-0.2, -0.15) is 0 Å². The maximum atomic E-state index is 9.00. The summed E-state index contributed by atoms with van der Waals surface area (Å²) in [6.07, 6.45) is 0. The first-order valence-corrected chi connectivity index (χ1v) is 4.92. The molecule has 0 bridgehead atoms. The van der Waals surface area contributed by atoms with Gasteiger partial charge in [-0.1, -0.05) is 0 Å². The van der Waals surface area contributed by atoms with Crippen molar-refractivity contribution >= 4 is 6.03 Å². The Bertz CT molecular complexity index is 82.1. The quantitative estimate of drug-likeness (QED) is 0.330. The zero-order valence-electron chi connectivity index (χ0n) is 5.07. The number of carbonyl (C=O) groups is 1. The number of urea groups is 1. The fraction of sp³-hybridized carbons (Fsp3) is 0. The van der Waals surface area contributed by atoms with Crippen LogP contribution in [-0.2, 0) is 0 Å². The van der Waals surface area contributed by atoms with Gasteiger partial charge in [-0.3, -0.25) is 13.7 Å². The number of hydrogen-bond donors (Lipinski definition) is 2. The van der Waals surface area contributed by atoms with Crippen LogP contribution in [0, 0.1) is 0 Å². The van der Waals surface area contributed by atoms with E-state index in [0.717, 1.165) is 0 Å². The molecule has 2 amide bonds. The van der Waals surface area contributed by atoms with Crippen LogP contribution in [0.4, 0.5) is 4.79 Å². The van der Waals surface area contributed by atoms with Gasteiger partial charge in [0.05, 0.1) is 0 Å². The van der Waals surface area contributed by atoms with Crippen LogP contribution in [0.2, 0.25) is 0 Å². The van der Waals surface area contributed by atoms with Crippen molar-refractivity contribution in [1.29, 1.82) is 0 Å². The summed E-state index contributed by atoms with van der Waals surface area (Å²) in [6.45, 7) is 0. The van der Waals surface area contributed by atoms with Crippen LogP contribution in [0.3, 0.4) is 0 Å². The second kappa shape index (κ2) is 7.94. The minimum Gasteiger partial charge on any atom is -0.352 e. The molecule has 0 aromatic heterocycles. The van der Waals surface area contributed by atoms with Gasteiger partial charge in [-0.15, -0.1) is 0 Å². The van der Waals surface area contributed by atoms with Gasteiger partial charge in [-0.05, 0) is 0 Å². The van der Waals surface area contributed by atoms with Crippen LogP contribution in [0.25, 0.3) is 0 Å². The number of hydrogen-bond acceptors (Lipinski definition) is 5. The monoisotopic (exact) mass is 274 g/mol. The fourth-order valence-corrected chi connectivity index (χ4v) is 0. The first-order chi connectivity index (χ1) is 3.73. The average Bonchev–Trinajstić information content (AvgIpc) is 1.19. The Morgan fingerprint density at radius 1 is 1.10 bits per heavy atom. The molecule has 0 atom stereocenters. The van der Waals surface area contributed by atoms with Crippen molar-refractivity contribution in [2.75, 3.05) is 0 Å². The van der Waals surface area contributed by atoms with Gasteiger partial charge >= 0.3 is 35.6 Å². The van der Waals surface area contributed by atoms with Crippen molar-refractivity contribution < 1.29 is 68.2 Å². The summed E-state index contributed by atoms with van der Waals surface area (Å²) in [4.78, 5) is 9.00. The average molecular weight is 274 g/mol. The Balaban J connectivity index is -0.0000000910. The van der Waals surface area contributed by atoms with Crippen LogP contribution in [0.1, 0.15) is 0 Å². The van der Waals surface area contributed by atoms with Crippen molar-refractivity contribution in [1.82, 2.24) is 0 Å². The van der Waals surface area contributed by atoms with Crippen molar-refractivity contribution in [2.45, 2.75) is 0 Å². The van der Waals surface area contributed by atoms with Gasteiger partial charge in [0.1, 0.15) is 20.1 Å². The largest absolute Gasteiger partial charge is 1.00 e. The van der Waals surface area contributed by atoms with Crippen LogP contribution in [-0.4, -0.2) is 6.03 Å². The summed E-state index contributed by atoms with van der Waals surface area (Å²) < 4.78 is 34.5. The number of amides is 2. The topological polar surface area (TPSA) is 161 Å². The maximum absolute atomic E-state index is 9.00. The SMILES string of the molecule is NC(N)=O.[Na+].[O-][I+3]([O-])([O-])[O-].